The molecule has 1 atom stereocenters. The minimum Gasteiger partial charge on any atom is -0.495 e. The van der Waals surface area contributed by atoms with Crippen molar-refractivity contribution in [2.45, 2.75) is 31.9 Å². The molecule has 0 aliphatic rings. The maximum atomic E-state index is 12.0. The molecule has 3 N–H and O–H groups in total. The number of anilines is 2. The summed E-state index contributed by atoms with van der Waals surface area (Å²) in [6, 6.07) is 5.25. The summed E-state index contributed by atoms with van der Waals surface area (Å²) in [4.78, 5) is 12.0. The van der Waals surface area contributed by atoms with Crippen LogP contribution in [0.25, 0.3) is 0 Å². The van der Waals surface area contributed by atoms with Crippen LogP contribution in [-0.2, 0) is 4.79 Å². The summed E-state index contributed by atoms with van der Waals surface area (Å²) in [6.45, 7) is 4.06. The lowest BCUT2D eigenvalue weighted by molar-refractivity contribution is -0.115. The molecule has 0 aliphatic carbocycles. The first-order valence-electron chi connectivity index (χ1n) is 6.44. The number of hydrogen-bond donors (Lipinski definition) is 2. The van der Waals surface area contributed by atoms with Crippen LogP contribution in [0.15, 0.2) is 18.2 Å². The van der Waals surface area contributed by atoms with Crippen molar-refractivity contribution in [2.75, 3.05) is 23.9 Å². The van der Waals surface area contributed by atoms with Gasteiger partial charge < -0.3 is 15.8 Å². The smallest absolute Gasteiger partial charge is 0.237 e. The number of thioether (sulfide) groups is 1. The van der Waals surface area contributed by atoms with E-state index in [4.69, 9.17) is 10.5 Å². The molecular weight excluding hydrogens is 260 g/mol. The van der Waals surface area contributed by atoms with Gasteiger partial charge in [-0.1, -0.05) is 13.3 Å². The van der Waals surface area contributed by atoms with E-state index < -0.39 is 0 Å². The van der Waals surface area contributed by atoms with Crippen LogP contribution in [0.4, 0.5) is 11.4 Å². The fraction of sp³-hybridized carbons (Fsp3) is 0.500. The average molecular weight is 282 g/mol. The molecule has 0 heterocycles. The number of rotatable bonds is 7. The van der Waals surface area contributed by atoms with E-state index in [2.05, 4.69) is 12.2 Å². The Bertz CT molecular complexity index is 424. The Balaban J connectivity index is 2.54. The van der Waals surface area contributed by atoms with Crippen molar-refractivity contribution in [3.8, 4) is 5.75 Å². The van der Waals surface area contributed by atoms with Gasteiger partial charge in [-0.3, -0.25) is 4.79 Å². The Kier molecular flexibility index (Phi) is 6.56. The second-order valence-corrected chi connectivity index (χ2v) is 5.76. The van der Waals surface area contributed by atoms with Gasteiger partial charge in [-0.05, 0) is 37.3 Å². The van der Waals surface area contributed by atoms with Gasteiger partial charge in [0.2, 0.25) is 5.91 Å². The van der Waals surface area contributed by atoms with Crippen LogP contribution in [0.5, 0.6) is 5.75 Å². The number of nitrogens with two attached hydrogens (primary N) is 1. The molecule has 0 radical (unpaired) electrons. The molecular formula is C14H22N2O2S. The number of carbonyl (C=O) groups excluding carboxylic acids is 1. The lowest BCUT2D eigenvalue weighted by Crippen LogP contribution is -2.22. The van der Waals surface area contributed by atoms with Crippen LogP contribution in [0.3, 0.4) is 0 Å². The van der Waals surface area contributed by atoms with E-state index in [1.807, 2.05) is 6.92 Å². The summed E-state index contributed by atoms with van der Waals surface area (Å²) in [5.74, 6) is 1.63. The van der Waals surface area contributed by atoms with E-state index in [-0.39, 0.29) is 11.2 Å². The number of ether oxygens (including phenoxy) is 1. The largest absolute Gasteiger partial charge is 0.495 e. The van der Waals surface area contributed by atoms with Gasteiger partial charge in [-0.2, -0.15) is 0 Å². The Labute approximate surface area is 119 Å². The highest BCUT2D eigenvalue weighted by molar-refractivity contribution is 8.00. The summed E-state index contributed by atoms with van der Waals surface area (Å²) >= 11 is 1.67. The molecule has 1 amide bonds. The maximum Gasteiger partial charge on any atom is 0.237 e. The highest BCUT2D eigenvalue weighted by Crippen LogP contribution is 2.25. The monoisotopic (exact) mass is 282 g/mol. The Hall–Kier alpha value is -1.36. The van der Waals surface area contributed by atoms with Crippen LogP contribution in [0, 0.1) is 0 Å². The van der Waals surface area contributed by atoms with E-state index in [1.165, 1.54) is 0 Å². The predicted octanol–water partition coefficient (Wildman–Crippen LogP) is 3.14. The third kappa shape index (κ3) is 5.03. The van der Waals surface area contributed by atoms with Crippen molar-refractivity contribution in [3.05, 3.63) is 18.2 Å². The van der Waals surface area contributed by atoms with Gasteiger partial charge in [0.15, 0.2) is 0 Å². The number of benzene rings is 1. The lowest BCUT2D eigenvalue weighted by atomic mass is 10.2. The van der Waals surface area contributed by atoms with Crippen molar-refractivity contribution in [3.63, 3.8) is 0 Å². The number of methoxy groups -OCH3 is 1. The van der Waals surface area contributed by atoms with Gasteiger partial charge in [0, 0.05) is 5.69 Å². The van der Waals surface area contributed by atoms with Crippen LogP contribution in [-0.4, -0.2) is 24.0 Å². The highest BCUT2D eigenvalue weighted by atomic mass is 32.2. The number of unbranched alkanes of at least 4 members (excludes halogenated alkanes) is 1. The molecule has 0 bridgehead atoms. The second-order valence-electron chi connectivity index (χ2n) is 4.31. The molecule has 0 saturated heterocycles. The van der Waals surface area contributed by atoms with E-state index in [9.17, 15) is 4.79 Å². The highest BCUT2D eigenvalue weighted by Gasteiger charge is 2.13. The van der Waals surface area contributed by atoms with Gasteiger partial charge in [0.1, 0.15) is 5.75 Å². The van der Waals surface area contributed by atoms with E-state index in [0.29, 0.717) is 17.1 Å². The standard InChI is InChI=1S/C14H22N2O2S/c1-4-5-8-19-10(2)14(17)16-11-6-7-13(18-3)12(15)9-11/h6-7,9-10H,4-5,8,15H2,1-3H3,(H,16,17). The lowest BCUT2D eigenvalue weighted by Gasteiger charge is -2.13. The number of carbonyl (C=O) groups is 1. The van der Waals surface area contributed by atoms with Gasteiger partial charge in [0.05, 0.1) is 18.0 Å². The van der Waals surface area contributed by atoms with Gasteiger partial charge >= 0.3 is 0 Å². The van der Waals surface area contributed by atoms with Crippen molar-refractivity contribution in [1.29, 1.82) is 0 Å². The van der Waals surface area contributed by atoms with Crippen LogP contribution >= 0.6 is 11.8 Å². The van der Waals surface area contributed by atoms with Crippen LogP contribution < -0.4 is 15.8 Å². The summed E-state index contributed by atoms with van der Waals surface area (Å²) in [6.07, 6.45) is 2.29. The van der Waals surface area contributed by atoms with Gasteiger partial charge in [0.25, 0.3) is 0 Å². The molecule has 0 spiro atoms. The zero-order valence-corrected chi connectivity index (χ0v) is 12.5. The first-order chi connectivity index (χ1) is 9.08. The second kappa shape index (κ2) is 7.94. The fourth-order valence-corrected chi connectivity index (χ4v) is 2.56. The predicted molar refractivity (Wildman–Crippen MR) is 82.9 cm³/mol. The van der Waals surface area contributed by atoms with E-state index in [0.717, 1.165) is 18.6 Å². The van der Waals surface area contributed by atoms with Crippen molar-refractivity contribution >= 4 is 29.0 Å². The number of hydrogen-bond acceptors (Lipinski definition) is 4. The molecule has 106 valence electrons. The first-order valence-corrected chi connectivity index (χ1v) is 7.49. The molecule has 0 aliphatic heterocycles. The van der Waals surface area contributed by atoms with Crippen LogP contribution in [0.2, 0.25) is 0 Å². The minimum atomic E-state index is -0.0603. The first kappa shape index (κ1) is 15.7. The molecule has 1 aromatic rings. The van der Waals surface area contributed by atoms with Crippen molar-refractivity contribution in [2.24, 2.45) is 0 Å². The van der Waals surface area contributed by atoms with Crippen molar-refractivity contribution < 1.29 is 9.53 Å². The third-order valence-electron chi connectivity index (χ3n) is 2.73. The van der Waals surface area contributed by atoms with Crippen LogP contribution in [0.1, 0.15) is 26.7 Å². The maximum absolute atomic E-state index is 12.0. The summed E-state index contributed by atoms with van der Waals surface area (Å²) in [5, 5.41) is 2.81. The molecule has 0 fully saturated rings. The summed E-state index contributed by atoms with van der Waals surface area (Å²) < 4.78 is 5.08. The van der Waals surface area contributed by atoms with Gasteiger partial charge in [-0.25, -0.2) is 0 Å². The number of nitrogen functional groups attached to an aromatic ring is 1. The average Bonchev–Trinajstić information content (AvgIpc) is 2.39. The summed E-state index contributed by atoms with van der Waals surface area (Å²) in [5.41, 5.74) is 7.02. The Morgan fingerprint density at radius 3 is 2.84 bits per heavy atom. The zero-order chi connectivity index (χ0) is 14.3. The number of nitrogens with one attached hydrogen (secondary N) is 1. The van der Waals surface area contributed by atoms with E-state index in [1.54, 1.807) is 37.1 Å². The molecule has 0 saturated carbocycles. The SMILES string of the molecule is CCCCSC(C)C(=O)Nc1ccc(OC)c(N)c1. The molecule has 4 nitrogen and oxygen atoms in total. The van der Waals surface area contributed by atoms with Gasteiger partial charge in [-0.15, -0.1) is 11.8 Å². The quantitative estimate of drug-likeness (QED) is 0.595. The normalized spacial score (nSPS) is 11.9. The molecule has 0 aromatic heterocycles. The van der Waals surface area contributed by atoms with E-state index >= 15 is 0 Å². The molecule has 1 aromatic carbocycles. The molecule has 1 rings (SSSR count). The molecule has 1 unspecified atom stereocenters. The Morgan fingerprint density at radius 1 is 1.53 bits per heavy atom. The number of amides is 1. The van der Waals surface area contributed by atoms with Crippen molar-refractivity contribution in [1.82, 2.24) is 0 Å². The molecule has 19 heavy (non-hydrogen) atoms. The minimum absolute atomic E-state index is 0.00525. The fourth-order valence-electron chi connectivity index (χ4n) is 1.54. The third-order valence-corrected chi connectivity index (χ3v) is 3.97. The zero-order valence-electron chi connectivity index (χ0n) is 11.7. The Morgan fingerprint density at radius 2 is 2.26 bits per heavy atom. The topological polar surface area (TPSA) is 64.3 Å². The summed E-state index contributed by atoms with van der Waals surface area (Å²) in [7, 11) is 1.57. The molecule has 5 heteroatoms.